The molecule has 0 fully saturated rings. The molecule has 0 bridgehead atoms. The van der Waals surface area contributed by atoms with E-state index in [4.69, 9.17) is 5.26 Å². The molecule has 0 aromatic heterocycles. The highest BCUT2D eigenvalue weighted by Crippen LogP contribution is 1.48. The number of hydrogen-bond donors (Lipinski definition) is 1. The standard InChI is InChI=1S/CH3I.CH2N2/c1-2;2-1-3/h1H3;2H2. The molecule has 0 saturated heterocycles. The number of nitrogens with zero attached hydrogens (tertiary/aromatic N) is 1. The third kappa shape index (κ3) is 41000. The minimum atomic E-state index is 1.25. The Bertz CT molecular complexity index is 29.1. The second-order valence-corrected chi connectivity index (χ2v) is 0.129. The van der Waals surface area contributed by atoms with Crippen LogP contribution in [0.5, 0.6) is 0 Å². The predicted molar refractivity (Wildman–Crippen MR) is 29.7 cm³/mol. The van der Waals surface area contributed by atoms with E-state index in [0.717, 1.165) is 0 Å². The van der Waals surface area contributed by atoms with Crippen molar-refractivity contribution in [2.45, 2.75) is 0 Å². The van der Waals surface area contributed by atoms with E-state index < -0.39 is 0 Å². The zero-order valence-corrected chi connectivity index (χ0v) is 5.06. The number of alkyl halides is 1. The van der Waals surface area contributed by atoms with E-state index in [1.165, 1.54) is 6.19 Å². The van der Waals surface area contributed by atoms with Gasteiger partial charge in [-0.15, -0.1) is 0 Å². The Kier molecular flexibility index (Phi) is 62.7. The summed E-state index contributed by atoms with van der Waals surface area (Å²) in [4.78, 5) is 1.97. The van der Waals surface area contributed by atoms with Crippen molar-refractivity contribution in [3.63, 3.8) is 0 Å². The minimum absolute atomic E-state index is 1.25. The number of hydrogen-bond acceptors (Lipinski definition) is 2. The summed E-state index contributed by atoms with van der Waals surface area (Å²) in [6, 6.07) is 0. The molecule has 0 aliphatic carbocycles. The molecule has 0 aliphatic heterocycles. The van der Waals surface area contributed by atoms with Gasteiger partial charge in [0.25, 0.3) is 0 Å². The minimum Gasteiger partial charge on any atom is -0.337 e. The quantitative estimate of drug-likeness (QED) is 0.257. The Morgan fingerprint density at radius 2 is 1.80 bits per heavy atom. The summed E-state index contributed by atoms with van der Waals surface area (Å²) < 4.78 is 0. The van der Waals surface area contributed by atoms with Crippen molar-refractivity contribution in [3.05, 3.63) is 0 Å². The largest absolute Gasteiger partial charge is 0.337 e. The van der Waals surface area contributed by atoms with E-state index in [9.17, 15) is 0 Å². The summed E-state index contributed by atoms with van der Waals surface area (Å²) in [5, 5.41) is 7.10. The highest BCUT2D eigenvalue weighted by Gasteiger charge is 1.12. The molecule has 0 atom stereocenters. The van der Waals surface area contributed by atoms with E-state index in [0.29, 0.717) is 0 Å². The van der Waals surface area contributed by atoms with Crippen LogP contribution >= 0.6 is 22.6 Å². The lowest BCUT2D eigenvalue weighted by Gasteiger charge is -1.24. The van der Waals surface area contributed by atoms with Crippen LogP contribution < -0.4 is 5.73 Å². The molecule has 0 spiro atoms. The molecule has 0 unspecified atom stereocenters. The summed E-state index contributed by atoms with van der Waals surface area (Å²) in [6.07, 6.45) is 1.25. The highest BCUT2D eigenvalue weighted by molar-refractivity contribution is 14.1. The average Bonchev–Trinajstić information content (AvgIpc) is 1.46. The summed E-state index contributed by atoms with van der Waals surface area (Å²) in [5.74, 6) is 0. The molecule has 2 N–H and O–H groups in total. The van der Waals surface area contributed by atoms with Gasteiger partial charge in [0.1, 0.15) is 0 Å². The lowest BCUT2D eigenvalue weighted by molar-refractivity contribution is 1.45. The van der Waals surface area contributed by atoms with Crippen molar-refractivity contribution < 1.29 is 0 Å². The molecule has 30 valence electrons. The SMILES string of the molecule is CI.N#CN. The maximum atomic E-state index is 7.10. The van der Waals surface area contributed by atoms with Crippen molar-refractivity contribution in [3.8, 4) is 6.19 Å². The molecule has 0 heterocycles. The second-order valence-electron chi connectivity index (χ2n) is 0.129. The lowest BCUT2D eigenvalue weighted by atomic mass is 11.5. The fourth-order valence-electron chi connectivity index (χ4n) is 0. The van der Waals surface area contributed by atoms with Gasteiger partial charge in [0, 0.05) is 0 Å². The first kappa shape index (κ1) is 8.89. The molecule has 3 heteroatoms. The molecular formula is C2H5IN2. The first-order valence-electron chi connectivity index (χ1n) is 0.890. The van der Waals surface area contributed by atoms with Gasteiger partial charge < -0.3 is 5.73 Å². The van der Waals surface area contributed by atoms with Crippen molar-refractivity contribution in [1.82, 2.24) is 0 Å². The molecule has 0 radical (unpaired) electrons. The Hall–Kier alpha value is 0.0200. The first-order valence-corrected chi connectivity index (χ1v) is 3.05. The molecule has 0 saturated carbocycles. The van der Waals surface area contributed by atoms with Gasteiger partial charge in [-0.25, -0.2) is 0 Å². The van der Waals surface area contributed by atoms with Gasteiger partial charge in [0.05, 0.1) is 0 Å². The number of rotatable bonds is 0. The molecule has 0 aromatic carbocycles. The van der Waals surface area contributed by atoms with Gasteiger partial charge in [-0.2, -0.15) is 5.26 Å². The maximum absolute atomic E-state index is 7.10. The van der Waals surface area contributed by atoms with Crippen LogP contribution in [0, 0.1) is 11.5 Å². The van der Waals surface area contributed by atoms with Crippen LogP contribution in [0.3, 0.4) is 0 Å². The molecular weight excluding hydrogens is 179 g/mol. The predicted octanol–water partition coefficient (Wildman–Crippen LogP) is 0.477. The van der Waals surface area contributed by atoms with Gasteiger partial charge in [-0.05, 0) is 4.93 Å². The summed E-state index contributed by atoms with van der Waals surface area (Å²) in [7, 11) is 0. The van der Waals surface area contributed by atoms with Crippen LogP contribution in [0.25, 0.3) is 0 Å². The van der Waals surface area contributed by atoms with Crippen molar-refractivity contribution in [1.29, 1.82) is 5.26 Å². The Balaban J connectivity index is 0. The topological polar surface area (TPSA) is 49.8 Å². The fourth-order valence-corrected chi connectivity index (χ4v) is 0. The average molecular weight is 184 g/mol. The van der Waals surface area contributed by atoms with Crippen LogP contribution in [-0.2, 0) is 0 Å². The highest BCUT2D eigenvalue weighted by atomic mass is 127. The number of nitriles is 1. The third-order valence-corrected chi connectivity index (χ3v) is 0. The Morgan fingerprint density at radius 3 is 1.80 bits per heavy atom. The summed E-state index contributed by atoms with van der Waals surface area (Å²) >= 11 is 2.15. The Labute approximate surface area is 45.1 Å². The zero-order chi connectivity index (χ0) is 4.71. The summed E-state index contributed by atoms with van der Waals surface area (Å²) in [6.45, 7) is 0. The summed E-state index contributed by atoms with van der Waals surface area (Å²) in [5.41, 5.74) is 4.15. The van der Waals surface area contributed by atoms with Gasteiger partial charge in [-0.1, -0.05) is 22.6 Å². The van der Waals surface area contributed by atoms with Gasteiger partial charge in [0.2, 0.25) is 0 Å². The van der Waals surface area contributed by atoms with E-state index in [2.05, 4.69) is 28.3 Å². The van der Waals surface area contributed by atoms with E-state index in [1.807, 2.05) is 4.93 Å². The number of halogens is 1. The van der Waals surface area contributed by atoms with Crippen LogP contribution in [0.4, 0.5) is 0 Å². The zero-order valence-electron chi connectivity index (χ0n) is 2.90. The van der Waals surface area contributed by atoms with Gasteiger partial charge >= 0.3 is 0 Å². The smallest absolute Gasteiger partial charge is 0.173 e. The van der Waals surface area contributed by atoms with E-state index in [-0.39, 0.29) is 0 Å². The van der Waals surface area contributed by atoms with Crippen LogP contribution in [0.1, 0.15) is 0 Å². The van der Waals surface area contributed by atoms with Crippen LogP contribution in [0.15, 0.2) is 0 Å². The molecule has 5 heavy (non-hydrogen) atoms. The Morgan fingerprint density at radius 1 is 1.80 bits per heavy atom. The number of nitrogens with two attached hydrogens (primary N) is 1. The van der Waals surface area contributed by atoms with Crippen LogP contribution in [0.2, 0.25) is 0 Å². The van der Waals surface area contributed by atoms with Crippen LogP contribution in [-0.4, -0.2) is 4.93 Å². The molecule has 0 rings (SSSR count). The van der Waals surface area contributed by atoms with Gasteiger partial charge in [-0.3, -0.25) is 0 Å². The third-order valence-electron chi connectivity index (χ3n) is 0. The van der Waals surface area contributed by atoms with E-state index >= 15 is 0 Å². The van der Waals surface area contributed by atoms with E-state index in [1.54, 1.807) is 0 Å². The van der Waals surface area contributed by atoms with Gasteiger partial charge in [0.15, 0.2) is 6.19 Å². The fraction of sp³-hybridized carbons (Fsp3) is 0.500. The van der Waals surface area contributed by atoms with Crippen molar-refractivity contribution in [2.24, 2.45) is 5.73 Å². The first-order chi connectivity index (χ1) is 2.41. The molecule has 0 amide bonds. The monoisotopic (exact) mass is 184 g/mol. The lowest BCUT2D eigenvalue weighted by Crippen LogP contribution is -1.69. The molecule has 0 aromatic rings. The second kappa shape index (κ2) is 35.2. The van der Waals surface area contributed by atoms with Crippen molar-refractivity contribution >= 4 is 22.6 Å². The maximum Gasteiger partial charge on any atom is 0.173 e. The normalized spacial score (nSPS) is 2.60. The molecule has 0 aliphatic rings. The molecule has 2 nitrogen and oxygen atoms in total. The van der Waals surface area contributed by atoms with Crippen molar-refractivity contribution in [2.75, 3.05) is 4.93 Å².